The van der Waals surface area contributed by atoms with E-state index in [4.69, 9.17) is 15.1 Å². The lowest BCUT2D eigenvalue weighted by molar-refractivity contribution is -0.139. The van der Waals surface area contributed by atoms with Gasteiger partial charge in [0.15, 0.2) is 0 Å². The molecule has 1 rings (SSSR count). The van der Waals surface area contributed by atoms with E-state index in [1.54, 1.807) is 18.2 Å². The van der Waals surface area contributed by atoms with Crippen LogP contribution in [-0.2, 0) is 9.53 Å². The molecule has 1 aromatic carbocycles. The van der Waals surface area contributed by atoms with E-state index in [1.807, 2.05) is 0 Å². The van der Waals surface area contributed by atoms with Crippen molar-refractivity contribution in [1.29, 1.82) is 5.26 Å². The number of carboxylic acids is 1. The van der Waals surface area contributed by atoms with Gasteiger partial charge in [-0.1, -0.05) is 6.07 Å². The van der Waals surface area contributed by atoms with E-state index in [-0.39, 0.29) is 6.42 Å². The van der Waals surface area contributed by atoms with Crippen LogP contribution in [0.3, 0.4) is 0 Å². The second kappa shape index (κ2) is 6.99. The van der Waals surface area contributed by atoms with Crippen LogP contribution < -0.4 is 5.32 Å². The molecule has 1 unspecified atom stereocenters. The van der Waals surface area contributed by atoms with Gasteiger partial charge in [0.05, 0.1) is 23.8 Å². The van der Waals surface area contributed by atoms with Crippen LogP contribution in [0.5, 0.6) is 0 Å². The van der Waals surface area contributed by atoms with Gasteiger partial charge in [-0.15, -0.1) is 0 Å². The first-order valence-electron chi connectivity index (χ1n) is 5.25. The SMILES string of the molecule is COC(CNc1cccc(Br)c1C#N)CC(=O)O. The summed E-state index contributed by atoms with van der Waals surface area (Å²) in [5.74, 6) is -0.918. The first-order valence-corrected chi connectivity index (χ1v) is 6.04. The molecule has 96 valence electrons. The highest BCUT2D eigenvalue weighted by Gasteiger charge is 2.13. The predicted molar refractivity (Wildman–Crippen MR) is 70.4 cm³/mol. The van der Waals surface area contributed by atoms with Gasteiger partial charge in [-0.05, 0) is 28.1 Å². The summed E-state index contributed by atoms with van der Waals surface area (Å²) in [6.07, 6.45) is -0.521. The summed E-state index contributed by atoms with van der Waals surface area (Å²) in [5.41, 5.74) is 1.14. The number of carboxylic acid groups (broad SMARTS) is 1. The van der Waals surface area contributed by atoms with Gasteiger partial charge in [-0.3, -0.25) is 4.79 Å². The molecule has 0 amide bonds. The maximum Gasteiger partial charge on any atom is 0.306 e. The zero-order chi connectivity index (χ0) is 13.5. The van der Waals surface area contributed by atoms with Crippen molar-refractivity contribution in [1.82, 2.24) is 0 Å². The largest absolute Gasteiger partial charge is 0.481 e. The molecular formula is C12H13BrN2O3. The predicted octanol–water partition coefficient (Wildman–Crippen LogP) is 2.22. The van der Waals surface area contributed by atoms with Crippen molar-refractivity contribution in [2.75, 3.05) is 19.0 Å². The molecule has 18 heavy (non-hydrogen) atoms. The van der Waals surface area contributed by atoms with Crippen molar-refractivity contribution < 1.29 is 14.6 Å². The molecule has 0 fully saturated rings. The lowest BCUT2D eigenvalue weighted by Crippen LogP contribution is -2.25. The van der Waals surface area contributed by atoms with E-state index >= 15 is 0 Å². The van der Waals surface area contributed by atoms with Gasteiger partial charge in [0.2, 0.25) is 0 Å². The Morgan fingerprint density at radius 1 is 1.67 bits per heavy atom. The molecule has 0 spiro atoms. The minimum atomic E-state index is -0.918. The van der Waals surface area contributed by atoms with E-state index in [1.165, 1.54) is 7.11 Å². The quantitative estimate of drug-likeness (QED) is 0.841. The third-order valence-electron chi connectivity index (χ3n) is 2.38. The molecule has 1 aromatic rings. The first kappa shape index (κ1) is 14.5. The summed E-state index contributed by atoms with van der Waals surface area (Å²) in [5, 5.41) is 20.7. The summed E-state index contributed by atoms with van der Waals surface area (Å²) >= 11 is 3.28. The summed E-state index contributed by atoms with van der Waals surface area (Å²) in [4.78, 5) is 10.6. The third kappa shape index (κ3) is 4.02. The van der Waals surface area contributed by atoms with Gasteiger partial charge in [0, 0.05) is 18.1 Å². The molecule has 0 radical (unpaired) electrons. The fraction of sp³-hybridized carbons (Fsp3) is 0.333. The number of anilines is 1. The number of hydrogen-bond donors (Lipinski definition) is 2. The second-order valence-electron chi connectivity index (χ2n) is 3.61. The van der Waals surface area contributed by atoms with Crippen molar-refractivity contribution in [3.8, 4) is 6.07 Å². The van der Waals surface area contributed by atoms with Crippen LogP contribution >= 0.6 is 15.9 Å². The van der Waals surface area contributed by atoms with Gasteiger partial charge in [0.1, 0.15) is 6.07 Å². The Morgan fingerprint density at radius 3 is 2.94 bits per heavy atom. The van der Waals surface area contributed by atoms with E-state index in [9.17, 15) is 4.79 Å². The molecule has 1 atom stereocenters. The van der Waals surface area contributed by atoms with Gasteiger partial charge in [-0.25, -0.2) is 0 Å². The van der Waals surface area contributed by atoms with Gasteiger partial charge < -0.3 is 15.2 Å². The Kier molecular flexibility index (Phi) is 5.62. The Balaban J connectivity index is 2.71. The number of nitriles is 1. The van der Waals surface area contributed by atoms with Crippen LogP contribution in [-0.4, -0.2) is 30.8 Å². The summed E-state index contributed by atoms with van der Waals surface area (Å²) in [7, 11) is 1.46. The van der Waals surface area contributed by atoms with Crippen LogP contribution in [0.25, 0.3) is 0 Å². The number of carbonyl (C=O) groups is 1. The number of benzene rings is 1. The minimum Gasteiger partial charge on any atom is -0.481 e. The van der Waals surface area contributed by atoms with Crippen molar-refractivity contribution in [2.24, 2.45) is 0 Å². The molecule has 6 heteroatoms. The lowest BCUT2D eigenvalue weighted by atomic mass is 10.2. The van der Waals surface area contributed by atoms with Crippen LogP contribution in [0.1, 0.15) is 12.0 Å². The first-order chi connectivity index (χ1) is 8.58. The summed E-state index contributed by atoms with van der Waals surface area (Å²) in [6.45, 7) is 0.327. The average Bonchev–Trinajstić information content (AvgIpc) is 2.34. The Bertz CT molecular complexity index is 471. The minimum absolute atomic E-state index is 0.0839. The van der Waals surface area contributed by atoms with Gasteiger partial charge in [0.25, 0.3) is 0 Å². The maximum absolute atomic E-state index is 10.6. The number of nitrogens with one attached hydrogen (secondary N) is 1. The average molecular weight is 313 g/mol. The lowest BCUT2D eigenvalue weighted by Gasteiger charge is -2.15. The molecule has 2 N–H and O–H groups in total. The molecular weight excluding hydrogens is 300 g/mol. The van der Waals surface area contributed by atoms with Crippen molar-refractivity contribution in [2.45, 2.75) is 12.5 Å². The van der Waals surface area contributed by atoms with Crippen LogP contribution in [0.4, 0.5) is 5.69 Å². The number of hydrogen-bond acceptors (Lipinski definition) is 4. The zero-order valence-corrected chi connectivity index (χ0v) is 11.4. The summed E-state index contributed by atoms with van der Waals surface area (Å²) in [6, 6.07) is 7.41. The smallest absolute Gasteiger partial charge is 0.306 e. The zero-order valence-electron chi connectivity index (χ0n) is 9.81. The Morgan fingerprint density at radius 2 is 2.39 bits per heavy atom. The molecule has 0 aliphatic carbocycles. The highest BCUT2D eigenvalue weighted by Crippen LogP contribution is 2.23. The highest BCUT2D eigenvalue weighted by molar-refractivity contribution is 9.10. The van der Waals surface area contributed by atoms with E-state index in [0.29, 0.717) is 22.3 Å². The number of nitrogens with zero attached hydrogens (tertiary/aromatic N) is 1. The van der Waals surface area contributed by atoms with E-state index < -0.39 is 12.1 Å². The van der Waals surface area contributed by atoms with E-state index in [2.05, 4.69) is 27.3 Å². The van der Waals surface area contributed by atoms with Crippen molar-refractivity contribution in [3.63, 3.8) is 0 Å². The number of rotatable bonds is 6. The number of ether oxygens (including phenoxy) is 1. The molecule has 0 aliphatic rings. The molecule has 0 saturated carbocycles. The fourth-order valence-electron chi connectivity index (χ4n) is 1.44. The fourth-order valence-corrected chi connectivity index (χ4v) is 1.90. The third-order valence-corrected chi connectivity index (χ3v) is 3.04. The topological polar surface area (TPSA) is 82.3 Å². The van der Waals surface area contributed by atoms with Crippen LogP contribution in [0, 0.1) is 11.3 Å². The van der Waals surface area contributed by atoms with Crippen LogP contribution in [0.2, 0.25) is 0 Å². The second-order valence-corrected chi connectivity index (χ2v) is 4.47. The number of halogens is 1. The van der Waals surface area contributed by atoms with Gasteiger partial charge in [-0.2, -0.15) is 5.26 Å². The number of aliphatic carboxylic acids is 1. The van der Waals surface area contributed by atoms with Crippen molar-refractivity contribution in [3.05, 3.63) is 28.2 Å². The normalized spacial score (nSPS) is 11.6. The summed E-state index contributed by atoms with van der Waals surface area (Å²) < 4.78 is 5.75. The molecule has 0 saturated heterocycles. The van der Waals surface area contributed by atoms with Crippen LogP contribution in [0.15, 0.2) is 22.7 Å². The molecule has 0 bridgehead atoms. The molecule has 5 nitrogen and oxygen atoms in total. The molecule has 0 aliphatic heterocycles. The molecule has 0 aromatic heterocycles. The van der Waals surface area contributed by atoms with E-state index in [0.717, 1.165) is 0 Å². The standard InChI is InChI=1S/C12H13BrN2O3/c1-18-8(5-12(16)17)7-15-11-4-2-3-10(13)9(11)6-14/h2-4,8,15H,5,7H2,1H3,(H,16,17). The Hall–Kier alpha value is -1.58. The highest BCUT2D eigenvalue weighted by atomic mass is 79.9. The molecule has 0 heterocycles. The van der Waals surface area contributed by atoms with Gasteiger partial charge >= 0.3 is 5.97 Å². The number of methoxy groups -OCH3 is 1. The van der Waals surface area contributed by atoms with Crippen molar-refractivity contribution >= 4 is 27.6 Å². The monoisotopic (exact) mass is 312 g/mol. The Labute approximate surface area is 114 Å². The maximum atomic E-state index is 10.6.